The molecule has 1 aliphatic heterocycles. The van der Waals surface area contributed by atoms with Crippen LogP contribution in [0, 0.1) is 0 Å². The maximum Gasteiger partial charge on any atom is 0.161 e. The zero-order valence-corrected chi connectivity index (χ0v) is 19.2. The average Bonchev–Trinajstić information content (AvgIpc) is 3.47. The number of aromatic nitrogens is 4. The Bertz CT molecular complexity index is 998. The molecule has 7 heteroatoms. The maximum absolute atomic E-state index is 6.08. The van der Waals surface area contributed by atoms with Crippen molar-refractivity contribution < 1.29 is 9.47 Å². The highest BCUT2D eigenvalue weighted by atomic mass is 16.5. The molecule has 1 aromatic carbocycles. The fourth-order valence-electron chi connectivity index (χ4n) is 4.14. The predicted octanol–water partition coefficient (Wildman–Crippen LogP) is 3.46. The normalized spacial score (nSPS) is 14.1. The van der Waals surface area contributed by atoms with Gasteiger partial charge in [-0.15, -0.1) is 0 Å². The van der Waals surface area contributed by atoms with Crippen LogP contribution in [0.5, 0.6) is 11.5 Å². The zero-order valence-electron chi connectivity index (χ0n) is 19.2. The predicted molar refractivity (Wildman–Crippen MR) is 124 cm³/mol. The Morgan fingerprint density at radius 3 is 2.69 bits per heavy atom. The van der Waals surface area contributed by atoms with Crippen LogP contribution in [0.3, 0.4) is 0 Å². The summed E-state index contributed by atoms with van der Waals surface area (Å²) < 4.78 is 13.4. The summed E-state index contributed by atoms with van der Waals surface area (Å²) in [5.41, 5.74) is 3.38. The van der Waals surface area contributed by atoms with E-state index in [1.54, 1.807) is 7.11 Å². The van der Waals surface area contributed by atoms with Crippen LogP contribution in [0.4, 0.5) is 0 Å². The molecule has 0 aliphatic carbocycles. The van der Waals surface area contributed by atoms with Gasteiger partial charge in [-0.25, -0.2) is 9.97 Å². The van der Waals surface area contributed by atoms with E-state index < -0.39 is 0 Å². The summed E-state index contributed by atoms with van der Waals surface area (Å²) in [4.78, 5) is 11.8. The number of hydrogen-bond acceptors (Lipinski definition) is 6. The van der Waals surface area contributed by atoms with Crippen molar-refractivity contribution in [2.75, 3.05) is 33.4 Å². The van der Waals surface area contributed by atoms with Crippen molar-refractivity contribution in [3.63, 3.8) is 0 Å². The van der Waals surface area contributed by atoms with Gasteiger partial charge in [0, 0.05) is 38.1 Å². The van der Waals surface area contributed by atoms with Crippen molar-refractivity contribution in [3.8, 4) is 11.5 Å². The fraction of sp³-hybridized carbons (Fsp3) is 0.480. The largest absolute Gasteiger partial charge is 0.493 e. The lowest BCUT2D eigenvalue weighted by Gasteiger charge is -2.16. The second-order valence-electron chi connectivity index (χ2n) is 8.40. The van der Waals surface area contributed by atoms with Crippen molar-refractivity contribution in [2.24, 2.45) is 7.05 Å². The van der Waals surface area contributed by atoms with Gasteiger partial charge < -0.3 is 14.4 Å². The van der Waals surface area contributed by atoms with Crippen molar-refractivity contribution >= 4 is 0 Å². The summed E-state index contributed by atoms with van der Waals surface area (Å²) in [5, 5.41) is 4.23. The lowest BCUT2D eigenvalue weighted by molar-refractivity contribution is 0.254. The van der Waals surface area contributed by atoms with Gasteiger partial charge in [-0.1, -0.05) is 6.07 Å². The summed E-state index contributed by atoms with van der Waals surface area (Å²) in [6.07, 6.45) is 11.9. The molecule has 0 unspecified atom stereocenters. The minimum atomic E-state index is 0.662. The third-order valence-corrected chi connectivity index (χ3v) is 5.86. The minimum absolute atomic E-state index is 0.662. The van der Waals surface area contributed by atoms with E-state index in [-0.39, 0.29) is 0 Å². The molecule has 0 saturated carbocycles. The minimum Gasteiger partial charge on any atom is -0.493 e. The maximum atomic E-state index is 6.08. The Balaban J connectivity index is 1.34. The molecule has 7 nitrogen and oxygen atoms in total. The highest BCUT2D eigenvalue weighted by Crippen LogP contribution is 2.29. The second-order valence-corrected chi connectivity index (χ2v) is 8.40. The Morgan fingerprint density at radius 1 is 1.03 bits per heavy atom. The molecule has 1 saturated heterocycles. The number of rotatable bonds is 11. The third-order valence-electron chi connectivity index (χ3n) is 5.86. The van der Waals surface area contributed by atoms with E-state index in [4.69, 9.17) is 14.5 Å². The summed E-state index contributed by atoms with van der Waals surface area (Å²) in [6.45, 7) is 4.23. The molecule has 0 spiro atoms. The van der Waals surface area contributed by atoms with Gasteiger partial charge in [-0.05, 0) is 74.5 Å². The van der Waals surface area contributed by atoms with Crippen LogP contribution in [0.2, 0.25) is 0 Å². The first-order chi connectivity index (χ1) is 15.7. The number of likely N-dealkylation sites (tertiary alicyclic amines) is 1. The molecule has 1 fully saturated rings. The monoisotopic (exact) mass is 435 g/mol. The molecular formula is C25H33N5O2. The number of aryl methyl sites for hydroxylation is 3. The van der Waals surface area contributed by atoms with Crippen LogP contribution in [-0.2, 0) is 26.3 Å². The van der Waals surface area contributed by atoms with Crippen molar-refractivity contribution in [2.45, 2.75) is 38.5 Å². The number of ether oxygens (including phenoxy) is 2. The second kappa shape index (κ2) is 11.1. The first-order valence-electron chi connectivity index (χ1n) is 11.5. The van der Waals surface area contributed by atoms with Gasteiger partial charge in [0.05, 0.1) is 19.9 Å². The van der Waals surface area contributed by atoms with Gasteiger partial charge in [-0.3, -0.25) is 4.68 Å². The van der Waals surface area contributed by atoms with Crippen molar-refractivity contribution in [3.05, 3.63) is 65.5 Å². The number of benzene rings is 1. The van der Waals surface area contributed by atoms with Crippen LogP contribution in [0.25, 0.3) is 0 Å². The molecule has 0 radical (unpaired) electrons. The van der Waals surface area contributed by atoms with E-state index in [0.29, 0.717) is 13.0 Å². The Labute approximate surface area is 190 Å². The van der Waals surface area contributed by atoms with E-state index in [2.05, 4.69) is 27.1 Å². The first kappa shape index (κ1) is 22.3. The van der Waals surface area contributed by atoms with Crippen LogP contribution >= 0.6 is 0 Å². The highest BCUT2D eigenvalue weighted by Gasteiger charge is 2.12. The van der Waals surface area contributed by atoms with Gasteiger partial charge in [0.2, 0.25) is 0 Å². The molecular weight excluding hydrogens is 402 g/mol. The van der Waals surface area contributed by atoms with Crippen molar-refractivity contribution in [1.82, 2.24) is 24.6 Å². The van der Waals surface area contributed by atoms with E-state index in [9.17, 15) is 0 Å². The lowest BCUT2D eigenvalue weighted by Crippen LogP contribution is -2.21. The van der Waals surface area contributed by atoms with Gasteiger partial charge in [0.1, 0.15) is 5.82 Å². The van der Waals surface area contributed by atoms with E-state index in [1.165, 1.54) is 31.5 Å². The topological polar surface area (TPSA) is 65.3 Å². The molecule has 0 amide bonds. The van der Waals surface area contributed by atoms with E-state index >= 15 is 0 Å². The third kappa shape index (κ3) is 6.29. The Kier molecular flexibility index (Phi) is 7.72. The van der Waals surface area contributed by atoms with Gasteiger partial charge in [0.15, 0.2) is 11.5 Å². The van der Waals surface area contributed by atoms with Crippen LogP contribution in [-0.4, -0.2) is 58.0 Å². The molecule has 0 atom stereocenters. The molecule has 3 aromatic rings. The van der Waals surface area contributed by atoms with Crippen LogP contribution in [0.1, 0.15) is 41.9 Å². The van der Waals surface area contributed by atoms with Gasteiger partial charge in [-0.2, -0.15) is 5.10 Å². The van der Waals surface area contributed by atoms with E-state index in [0.717, 1.165) is 54.4 Å². The molecule has 0 bridgehead atoms. The molecule has 170 valence electrons. The summed E-state index contributed by atoms with van der Waals surface area (Å²) in [7, 11) is 3.62. The molecule has 4 rings (SSSR count). The first-order valence-corrected chi connectivity index (χ1v) is 11.5. The molecule has 1 aliphatic rings. The van der Waals surface area contributed by atoms with Gasteiger partial charge in [0.25, 0.3) is 0 Å². The molecule has 3 heterocycles. The van der Waals surface area contributed by atoms with Crippen LogP contribution < -0.4 is 9.47 Å². The SMILES string of the molecule is COc1ccc(Cc2nccc(CCc3cnn(C)c3)n2)cc1OCCCN1CCCC1. The molecule has 0 N–H and O–H groups in total. The average molecular weight is 436 g/mol. The number of methoxy groups -OCH3 is 1. The smallest absolute Gasteiger partial charge is 0.161 e. The number of hydrogen-bond donors (Lipinski definition) is 0. The Hall–Kier alpha value is -2.93. The number of nitrogens with zero attached hydrogens (tertiary/aromatic N) is 5. The Morgan fingerprint density at radius 2 is 1.91 bits per heavy atom. The van der Waals surface area contributed by atoms with Crippen LogP contribution in [0.15, 0.2) is 42.9 Å². The van der Waals surface area contributed by atoms with E-state index in [1.807, 2.05) is 42.5 Å². The van der Waals surface area contributed by atoms with Crippen molar-refractivity contribution in [1.29, 1.82) is 0 Å². The summed E-state index contributed by atoms with van der Waals surface area (Å²) in [6, 6.07) is 8.07. The quantitative estimate of drug-likeness (QED) is 0.430. The lowest BCUT2D eigenvalue weighted by atomic mass is 10.1. The molecule has 2 aromatic heterocycles. The molecule has 32 heavy (non-hydrogen) atoms. The summed E-state index contributed by atoms with van der Waals surface area (Å²) in [5.74, 6) is 2.37. The zero-order chi connectivity index (χ0) is 22.2. The summed E-state index contributed by atoms with van der Waals surface area (Å²) >= 11 is 0. The highest BCUT2D eigenvalue weighted by molar-refractivity contribution is 5.43. The van der Waals surface area contributed by atoms with Gasteiger partial charge >= 0.3 is 0 Å². The standard InChI is InChI=1S/C25H33N5O2/c1-29-19-21(18-27-29)6-8-22-10-11-26-25(28-22)17-20-7-9-23(31-2)24(16-20)32-15-5-14-30-12-3-4-13-30/h7,9-11,16,18-19H,3-6,8,12-15,17H2,1-2H3. The fourth-order valence-corrected chi connectivity index (χ4v) is 4.14.